The lowest BCUT2D eigenvalue weighted by atomic mass is 9.85. The fourth-order valence-corrected chi connectivity index (χ4v) is 3.96. The molecule has 4 heteroatoms. The Morgan fingerprint density at radius 1 is 1.32 bits per heavy atom. The van der Waals surface area contributed by atoms with Gasteiger partial charge in [0.15, 0.2) is 0 Å². The average Bonchev–Trinajstić information content (AvgIpc) is 2.87. The number of aliphatic hydroxyl groups excluding tert-OH is 1. The zero-order valence-electron chi connectivity index (χ0n) is 12.0. The maximum absolute atomic E-state index is 10.0. The normalized spacial score (nSPS) is 44.8. The van der Waals surface area contributed by atoms with Crippen LogP contribution in [0.1, 0.15) is 39.0 Å². The predicted octanol–water partition coefficient (Wildman–Crippen LogP) is 1.42. The second-order valence-corrected chi connectivity index (χ2v) is 6.50. The zero-order valence-corrected chi connectivity index (χ0v) is 12.0. The molecule has 0 amide bonds. The monoisotopic (exact) mass is 269 g/mol. The van der Waals surface area contributed by atoms with Gasteiger partial charge in [0, 0.05) is 38.8 Å². The molecule has 3 aliphatic heterocycles. The third kappa shape index (κ3) is 2.82. The SMILES string of the molecule is CCC1CN(C2CCOC3(CCOC3)C2)CCC1O. The van der Waals surface area contributed by atoms with Gasteiger partial charge >= 0.3 is 0 Å². The first-order valence-corrected chi connectivity index (χ1v) is 7.86. The van der Waals surface area contributed by atoms with E-state index in [2.05, 4.69) is 11.8 Å². The summed E-state index contributed by atoms with van der Waals surface area (Å²) in [7, 11) is 0. The molecule has 4 atom stereocenters. The Kier molecular flexibility index (Phi) is 4.13. The second-order valence-electron chi connectivity index (χ2n) is 6.50. The zero-order chi connectivity index (χ0) is 13.3. The van der Waals surface area contributed by atoms with Gasteiger partial charge in [0.2, 0.25) is 0 Å². The van der Waals surface area contributed by atoms with Crippen LogP contribution in [-0.4, -0.2) is 60.7 Å². The van der Waals surface area contributed by atoms with Gasteiger partial charge in [0.1, 0.15) is 0 Å². The molecule has 110 valence electrons. The molecule has 3 heterocycles. The molecule has 1 N–H and O–H groups in total. The quantitative estimate of drug-likeness (QED) is 0.823. The molecule has 0 aliphatic carbocycles. The van der Waals surface area contributed by atoms with E-state index in [1.807, 2.05) is 0 Å². The number of ether oxygens (including phenoxy) is 2. The largest absolute Gasteiger partial charge is 0.393 e. The van der Waals surface area contributed by atoms with Crippen molar-refractivity contribution in [3.05, 3.63) is 0 Å². The van der Waals surface area contributed by atoms with E-state index in [1.54, 1.807) is 0 Å². The highest BCUT2D eigenvalue weighted by Crippen LogP contribution is 2.36. The fourth-order valence-electron chi connectivity index (χ4n) is 3.96. The maximum atomic E-state index is 10.0. The molecule has 3 fully saturated rings. The van der Waals surface area contributed by atoms with E-state index in [0.717, 1.165) is 65.0 Å². The average molecular weight is 269 g/mol. The van der Waals surface area contributed by atoms with Crippen molar-refractivity contribution in [3.8, 4) is 0 Å². The molecule has 0 radical (unpaired) electrons. The topological polar surface area (TPSA) is 41.9 Å². The maximum Gasteiger partial charge on any atom is 0.0951 e. The van der Waals surface area contributed by atoms with Crippen LogP contribution < -0.4 is 0 Å². The minimum atomic E-state index is -0.0927. The predicted molar refractivity (Wildman–Crippen MR) is 73.1 cm³/mol. The lowest BCUT2D eigenvalue weighted by Crippen LogP contribution is -2.53. The van der Waals surface area contributed by atoms with E-state index < -0.39 is 0 Å². The van der Waals surface area contributed by atoms with Crippen molar-refractivity contribution in [3.63, 3.8) is 0 Å². The number of nitrogens with zero attached hydrogens (tertiary/aromatic N) is 1. The molecular weight excluding hydrogens is 242 g/mol. The third-order valence-corrected chi connectivity index (χ3v) is 5.30. The molecule has 1 spiro atoms. The molecule has 0 aromatic rings. The molecule has 4 unspecified atom stereocenters. The first kappa shape index (κ1) is 13.8. The van der Waals surface area contributed by atoms with Crippen LogP contribution in [0.4, 0.5) is 0 Å². The van der Waals surface area contributed by atoms with Crippen LogP contribution in [0, 0.1) is 5.92 Å². The molecule has 3 aliphatic rings. The minimum Gasteiger partial charge on any atom is -0.393 e. The lowest BCUT2D eigenvalue weighted by Gasteiger charge is -2.46. The highest BCUT2D eigenvalue weighted by Gasteiger charge is 2.43. The van der Waals surface area contributed by atoms with Crippen molar-refractivity contribution < 1.29 is 14.6 Å². The van der Waals surface area contributed by atoms with Gasteiger partial charge in [-0.3, -0.25) is 4.90 Å². The summed E-state index contributed by atoms with van der Waals surface area (Å²) in [6.45, 7) is 6.77. The number of aliphatic hydroxyl groups is 1. The van der Waals surface area contributed by atoms with Gasteiger partial charge in [0.25, 0.3) is 0 Å². The van der Waals surface area contributed by atoms with E-state index in [1.165, 1.54) is 0 Å². The van der Waals surface area contributed by atoms with Gasteiger partial charge in [-0.05, 0) is 31.6 Å². The summed E-state index contributed by atoms with van der Waals surface area (Å²) in [4.78, 5) is 2.60. The summed E-state index contributed by atoms with van der Waals surface area (Å²) in [5.41, 5.74) is 0.000686. The molecular formula is C15H27NO3. The Hall–Kier alpha value is -0.160. The van der Waals surface area contributed by atoms with Crippen molar-refractivity contribution >= 4 is 0 Å². The van der Waals surface area contributed by atoms with Crippen molar-refractivity contribution in [2.24, 2.45) is 5.92 Å². The van der Waals surface area contributed by atoms with E-state index in [0.29, 0.717) is 12.0 Å². The van der Waals surface area contributed by atoms with Crippen LogP contribution in [0.2, 0.25) is 0 Å². The van der Waals surface area contributed by atoms with Crippen LogP contribution >= 0.6 is 0 Å². The number of hydrogen-bond acceptors (Lipinski definition) is 4. The van der Waals surface area contributed by atoms with Crippen molar-refractivity contribution in [2.75, 3.05) is 32.9 Å². The number of piperidine rings is 1. The van der Waals surface area contributed by atoms with Gasteiger partial charge in [-0.1, -0.05) is 6.92 Å². The molecule has 0 bridgehead atoms. The number of rotatable bonds is 2. The summed E-state index contributed by atoms with van der Waals surface area (Å²) in [6, 6.07) is 0.622. The van der Waals surface area contributed by atoms with Crippen molar-refractivity contribution in [1.82, 2.24) is 4.90 Å². The first-order chi connectivity index (χ1) is 9.22. The molecule has 0 saturated carbocycles. The van der Waals surface area contributed by atoms with Crippen LogP contribution in [0.15, 0.2) is 0 Å². The Morgan fingerprint density at radius 3 is 2.95 bits per heavy atom. The minimum absolute atomic E-state index is 0.000686. The number of hydrogen-bond donors (Lipinski definition) is 1. The molecule has 0 aromatic heterocycles. The molecule has 0 aromatic carbocycles. The van der Waals surface area contributed by atoms with Crippen LogP contribution in [0.3, 0.4) is 0 Å². The highest BCUT2D eigenvalue weighted by molar-refractivity contribution is 4.95. The van der Waals surface area contributed by atoms with E-state index in [9.17, 15) is 5.11 Å². The first-order valence-electron chi connectivity index (χ1n) is 7.86. The summed E-state index contributed by atoms with van der Waals surface area (Å²) in [5.74, 6) is 0.451. The molecule has 3 rings (SSSR count). The van der Waals surface area contributed by atoms with Crippen molar-refractivity contribution in [1.29, 1.82) is 0 Å². The van der Waals surface area contributed by atoms with Gasteiger partial charge < -0.3 is 14.6 Å². The summed E-state index contributed by atoms with van der Waals surface area (Å²) >= 11 is 0. The molecule has 4 nitrogen and oxygen atoms in total. The van der Waals surface area contributed by atoms with Crippen LogP contribution in [0.25, 0.3) is 0 Å². The van der Waals surface area contributed by atoms with Gasteiger partial charge in [-0.2, -0.15) is 0 Å². The second kappa shape index (κ2) is 5.68. The smallest absolute Gasteiger partial charge is 0.0951 e. The fraction of sp³-hybridized carbons (Fsp3) is 1.00. The van der Waals surface area contributed by atoms with Crippen molar-refractivity contribution in [2.45, 2.75) is 56.8 Å². The van der Waals surface area contributed by atoms with Gasteiger partial charge in [-0.25, -0.2) is 0 Å². The highest BCUT2D eigenvalue weighted by atomic mass is 16.6. The van der Waals surface area contributed by atoms with E-state index >= 15 is 0 Å². The van der Waals surface area contributed by atoms with Crippen LogP contribution in [0.5, 0.6) is 0 Å². The van der Waals surface area contributed by atoms with E-state index in [4.69, 9.17) is 9.47 Å². The van der Waals surface area contributed by atoms with Crippen LogP contribution in [-0.2, 0) is 9.47 Å². The molecule has 19 heavy (non-hydrogen) atoms. The number of likely N-dealkylation sites (tertiary alicyclic amines) is 1. The Labute approximate surface area is 116 Å². The molecule has 3 saturated heterocycles. The lowest BCUT2D eigenvalue weighted by molar-refractivity contribution is -0.115. The third-order valence-electron chi connectivity index (χ3n) is 5.30. The van der Waals surface area contributed by atoms with Gasteiger partial charge in [-0.15, -0.1) is 0 Å². The van der Waals surface area contributed by atoms with E-state index in [-0.39, 0.29) is 11.7 Å². The summed E-state index contributed by atoms with van der Waals surface area (Å²) in [5, 5.41) is 10.0. The Bertz CT molecular complexity index is 304. The Morgan fingerprint density at radius 2 is 2.21 bits per heavy atom. The summed E-state index contributed by atoms with van der Waals surface area (Å²) in [6.07, 6.45) is 5.21. The Balaban J connectivity index is 1.62. The summed E-state index contributed by atoms with van der Waals surface area (Å²) < 4.78 is 11.6. The van der Waals surface area contributed by atoms with Gasteiger partial charge in [0.05, 0.1) is 18.3 Å². The standard InChI is InChI=1S/C15H27NO3/c1-2-12-10-16(6-3-14(12)17)13-4-7-19-15(9-13)5-8-18-11-15/h12-14,17H,2-11H2,1H3.